The number of ether oxygens (including phenoxy) is 3. The quantitative estimate of drug-likeness (QED) is 0.809. The molecule has 4 bridgehead atoms. The molecule has 1 aliphatic heterocycles. The minimum Gasteiger partial charge on any atom is -0.444 e. The van der Waals surface area contributed by atoms with Gasteiger partial charge >= 0.3 is 6.09 Å². The van der Waals surface area contributed by atoms with E-state index in [9.17, 15) is 4.79 Å². The fourth-order valence-electron chi connectivity index (χ4n) is 5.52. The Morgan fingerprint density at radius 3 is 2.23 bits per heavy atom. The van der Waals surface area contributed by atoms with Crippen molar-refractivity contribution in [2.45, 2.75) is 69.8 Å². The molecule has 1 spiro atoms. The second-order valence-corrected chi connectivity index (χ2v) is 8.67. The number of alkyl carbamates (subject to hydrolysis) is 1. The fraction of sp³-hybridized carbons (Fsp3) is 0.941. The van der Waals surface area contributed by atoms with Gasteiger partial charge in [0.05, 0.1) is 13.2 Å². The lowest BCUT2D eigenvalue weighted by atomic mass is 9.50. The Balaban J connectivity index is 1.52. The number of carbonyl (C=O) groups excluding carboxylic acids is 1. The maximum absolute atomic E-state index is 12.3. The molecule has 5 nitrogen and oxygen atoms in total. The van der Waals surface area contributed by atoms with Crippen molar-refractivity contribution in [1.82, 2.24) is 5.32 Å². The van der Waals surface area contributed by atoms with E-state index >= 15 is 0 Å². The summed E-state index contributed by atoms with van der Waals surface area (Å²) in [5.41, 5.74) is -0.565. The highest BCUT2D eigenvalue weighted by Gasteiger charge is 2.65. The summed E-state index contributed by atoms with van der Waals surface area (Å²) in [6, 6.07) is 0. The number of hydrogen-bond donors (Lipinski definition) is 1. The number of carbonyl (C=O) groups is 1. The molecule has 0 aromatic rings. The summed E-state index contributed by atoms with van der Waals surface area (Å²) in [6.45, 7) is 7.14. The van der Waals surface area contributed by atoms with Crippen molar-refractivity contribution in [2.75, 3.05) is 13.2 Å². The third-order valence-corrected chi connectivity index (χ3v) is 5.83. The molecular weight excluding hydrogens is 282 g/mol. The largest absolute Gasteiger partial charge is 0.444 e. The summed E-state index contributed by atoms with van der Waals surface area (Å²) in [5, 5.41) is 3.22. The standard InChI is InChI=1S/C17H27NO4/c1-15(2,3)22-14(19)18-16-8-11-6-12(9-16)17(13(7-11)10-16)20-4-5-21-17/h11-13H,4-10H2,1-3H3,(H,18,19)/t11-,12-,13+,16-. The molecule has 4 aliphatic carbocycles. The Morgan fingerprint density at radius 2 is 1.68 bits per heavy atom. The van der Waals surface area contributed by atoms with Gasteiger partial charge in [-0.15, -0.1) is 0 Å². The minimum absolute atomic E-state index is 0.112. The van der Waals surface area contributed by atoms with Gasteiger partial charge in [-0.1, -0.05) is 0 Å². The van der Waals surface area contributed by atoms with E-state index in [1.54, 1.807) is 0 Å². The summed E-state index contributed by atoms with van der Waals surface area (Å²) in [5.74, 6) is 1.16. The maximum Gasteiger partial charge on any atom is 0.408 e. The third-order valence-electron chi connectivity index (χ3n) is 5.83. The lowest BCUT2D eigenvalue weighted by Gasteiger charge is -2.62. The Morgan fingerprint density at radius 1 is 1.09 bits per heavy atom. The van der Waals surface area contributed by atoms with Gasteiger partial charge in [0.15, 0.2) is 5.79 Å². The van der Waals surface area contributed by atoms with Gasteiger partial charge in [0.2, 0.25) is 0 Å². The van der Waals surface area contributed by atoms with Crippen molar-refractivity contribution >= 4 is 6.09 Å². The van der Waals surface area contributed by atoms with Crippen LogP contribution in [0.25, 0.3) is 0 Å². The van der Waals surface area contributed by atoms with Gasteiger partial charge in [0.25, 0.3) is 0 Å². The predicted molar refractivity (Wildman–Crippen MR) is 80.3 cm³/mol. The smallest absolute Gasteiger partial charge is 0.408 e. The molecule has 0 radical (unpaired) electrons. The van der Waals surface area contributed by atoms with Crippen LogP contribution < -0.4 is 5.32 Å². The van der Waals surface area contributed by atoms with Crippen molar-refractivity contribution < 1.29 is 19.0 Å². The Labute approximate surface area is 132 Å². The molecular formula is C17H27NO4. The molecule has 4 atom stereocenters. The van der Waals surface area contributed by atoms with Crippen molar-refractivity contribution in [3.8, 4) is 0 Å². The molecule has 0 aromatic heterocycles. The second-order valence-electron chi connectivity index (χ2n) is 8.67. The van der Waals surface area contributed by atoms with Crippen LogP contribution in [-0.2, 0) is 14.2 Å². The Kier molecular flexibility index (Phi) is 3.09. The molecule has 5 fully saturated rings. The summed E-state index contributed by atoms with van der Waals surface area (Å²) in [7, 11) is 0. The molecule has 1 N–H and O–H groups in total. The van der Waals surface area contributed by atoms with Crippen LogP contribution >= 0.6 is 0 Å². The molecule has 1 saturated heterocycles. The van der Waals surface area contributed by atoms with E-state index in [1.807, 2.05) is 20.8 Å². The van der Waals surface area contributed by atoms with Gasteiger partial charge in [-0.3, -0.25) is 0 Å². The average Bonchev–Trinajstić information content (AvgIpc) is 2.82. The molecule has 5 rings (SSSR count). The van der Waals surface area contributed by atoms with E-state index in [0.717, 1.165) is 19.3 Å². The molecule has 0 aromatic carbocycles. The van der Waals surface area contributed by atoms with Crippen LogP contribution in [0.2, 0.25) is 0 Å². The van der Waals surface area contributed by atoms with E-state index in [2.05, 4.69) is 5.32 Å². The zero-order valence-corrected chi connectivity index (χ0v) is 13.8. The van der Waals surface area contributed by atoms with Gasteiger partial charge in [0.1, 0.15) is 5.60 Å². The van der Waals surface area contributed by atoms with Gasteiger partial charge < -0.3 is 19.5 Å². The third kappa shape index (κ3) is 2.24. The SMILES string of the molecule is CC(C)(C)OC(=O)N[C@]12C[C@@H]3C[C@H](C1)C1(OCCO1)[C@@H](C3)C2. The normalized spacial score (nSPS) is 41.9. The molecule has 5 aliphatic rings. The van der Waals surface area contributed by atoms with Crippen molar-refractivity contribution in [1.29, 1.82) is 0 Å². The zero-order chi connectivity index (χ0) is 15.6. The monoisotopic (exact) mass is 309 g/mol. The van der Waals surface area contributed by atoms with Crippen LogP contribution in [0.5, 0.6) is 0 Å². The van der Waals surface area contributed by atoms with E-state index in [0.29, 0.717) is 31.0 Å². The van der Waals surface area contributed by atoms with E-state index in [-0.39, 0.29) is 17.4 Å². The van der Waals surface area contributed by atoms with E-state index in [1.165, 1.54) is 12.8 Å². The average molecular weight is 309 g/mol. The lowest BCUT2D eigenvalue weighted by Crippen LogP contribution is -2.68. The summed E-state index contributed by atoms with van der Waals surface area (Å²) >= 11 is 0. The summed E-state index contributed by atoms with van der Waals surface area (Å²) in [6.07, 6.45) is 5.06. The van der Waals surface area contributed by atoms with Crippen LogP contribution in [0.1, 0.15) is 52.9 Å². The summed E-state index contributed by atoms with van der Waals surface area (Å²) in [4.78, 5) is 12.3. The predicted octanol–water partition coefficient (Wildman–Crippen LogP) is 2.83. The summed E-state index contributed by atoms with van der Waals surface area (Å²) < 4.78 is 17.6. The second kappa shape index (κ2) is 4.60. The van der Waals surface area contributed by atoms with Crippen LogP contribution in [-0.4, -0.2) is 36.2 Å². The number of amides is 1. The molecule has 1 heterocycles. The first-order chi connectivity index (χ1) is 10.3. The lowest BCUT2D eigenvalue weighted by molar-refractivity contribution is -0.293. The zero-order valence-electron chi connectivity index (χ0n) is 13.8. The highest BCUT2D eigenvalue weighted by Crippen LogP contribution is 2.62. The Bertz CT molecular complexity index is 460. The van der Waals surface area contributed by atoms with Crippen LogP contribution in [0.4, 0.5) is 4.79 Å². The fourth-order valence-corrected chi connectivity index (χ4v) is 5.52. The van der Waals surface area contributed by atoms with Crippen LogP contribution in [0.15, 0.2) is 0 Å². The first-order valence-corrected chi connectivity index (χ1v) is 8.59. The van der Waals surface area contributed by atoms with Gasteiger partial charge in [-0.2, -0.15) is 0 Å². The molecule has 0 unspecified atom stereocenters. The highest BCUT2D eigenvalue weighted by molar-refractivity contribution is 5.69. The van der Waals surface area contributed by atoms with E-state index in [4.69, 9.17) is 14.2 Å². The van der Waals surface area contributed by atoms with Crippen molar-refractivity contribution in [2.24, 2.45) is 17.8 Å². The first kappa shape index (κ1) is 14.8. The number of hydrogen-bond acceptors (Lipinski definition) is 4. The van der Waals surface area contributed by atoms with Gasteiger partial charge in [0, 0.05) is 17.4 Å². The van der Waals surface area contributed by atoms with Crippen LogP contribution in [0.3, 0.4) is 0 Å². The first-order valence-electron chi connectivity index (χ1n) is 8.59. The molecule has 4 saturated carbocycles. The van der Waals surface area contributed by atoms with Crippen LogP contribution in [0, 0.1) is 17.8 Å². The van der Waals surface area contributed by atoms with Crippen molar-refractivity contribution in [3.05, 3.63) is 0 Å². The number of rotatable bonds is 1. The minimum atomic E-state index is -0.453. The highest BCUT2D eigenvalue weighted by atomic mass is 16.7. The van der Waals surface area contributed by atoms with E-state index < -0.39 is 5.60 Å². The molecule has 22 heavy (non-hydrogen) atoms. The topological polar surface area (TPSA) is 56.8 Å². The van der Waals surface area contributed by atoms with Crippen molar-refractivity contribution in [3.63, 3.8) is 0 Å². The van der Waals surface area contributed by atoms with Gasteiger partial charge in [-0.25, -0.2) is 4.79 Å². The number of nitrogens with one attached hydrogen (secondary N) is 1. The molecule has 124 valence electrons. The Hall–Kier alpha value is -0.810. The van der Waals surface area contributed by atoms with Gasteiger partial charge in [-0.05, 0) is 58.8 Å². The molecule has 5 heteroatoms. The molecule has 1 amide bonds. The maximum atomic E-state index is 12.3.